The van der Waals surface area contributed by atoms with Crippen LogP contribution in [-0.4, -0.2) is 30.5 Å². The van der Waals surface area contributed by atoms with Crippen LogP contribution in [0, 0.1) is 0 Å². The fraction of sp³-hybridized carbons (Fsp3) is 0. The Hall–Kier alpha value is -3.46. The first-order valence-corrected chi connectivity index (χ1v) is 8.91. The standard InChI is InChI=1S/C18H12FNO6S/c19-27(25,26)11-4-1-3-10(9-11)17(22)20-15-6-2-5-13-12(15)7-8-14(16(13)21)18(23)24/h1-9,21H,(H,20,22)(H,23,24). The molecule has 0 spiro atoms. The number of carboxylic acids is 1. The molecule has 0 fully saturated rings. The first-order valence-electron chi connectivity index (χ1n) is 7.52. The number of carbonyl (C=O) groups excluding carboxylic acids is 1. The quantitative estimate of drug-likeness (QED) is 0.590. The summed E-state index contributed by atoms with van der Waals surface area (Å²) in [5, 5.41) is 22.3. The van der Waals surface area contributed by atoms with E-state index in [0.29, 0.717) is 5.39 Å². The van der Waals surface area contributed by atoms with E-state index >= 15 is 0 Å². The molecule has 0 radical (unpaired) electrons. The number of fused-ring (bicyclic) bond motifs is 1. The van der Waals surface area contributed by atoms with Crippen molar-refractivity contribution in [2.45, 2.75) is 4.90 Å². The van der Waals surface area contributed by atoms with Crippen LogP contribution in [0.15, 0.2) is 59.5 Å². The van der Waals surface area contributed by atoms with Gasteiger partial charge in [-0.05, 0) is 30.3 Å². The summed E-state index contributed by atoms with van der Waals surface area (Å²) in [5.41, 5.74) is -0.109. The summed E-state index contributed by atoms with van der Waals surface area (Å²) in [4.78, 5) is 22.9. The van der Waals surface area contributed by atoms with Crippen molar-refractivity contribution >= 4 is 38.6 Å². The van der Waals surface area contributed by atoms with Crippen molar-refractivity contribution in [3.05, 3.63) is 65.7 Å². The highest BCUT2D eigenvalue weighted by molar-refractivity contribution is 7.86. The van der Waals surface area contributed by atoms with E-state index in [1.54, 1.807) is 0 Å². The number of phenols is 1. The molecule has 0 unspecified atom stereocenters. The second-order valence-electron chi connectivity index (χ2n) is 5.59. The van der Waals surface area contributed by atoms with Crippen LogP contribution in [0.4, 0.5) is 9.57 Å². The number of carbonyl (C=O) groups is 2. The number of rotatable bonds is 4. The number of aromatic carboxylic acids is 1. The second-order valence-corrected chi connectivity index (χ2v) is 6.93. The van der Waals surface area contributed by atoms with Crippen LogP contribution >= 0.6 is 0 Å². The molecule has 27 heavy (non-hydrogen) atoms. The summed E-state index contributed by atoms with van der Waals surface area (Å²) < 4.78 is 35.1. The van der Waals surface area contributed by atoms with Crippen LogP contribution in [0.3, 0.4) is 0 Å². The van der Waals surface area contributed by atoms with E-state index in [1.165, 1.54) is 42.5 Å². The molecule has 9 heteroatoms. The van der Waals surface area contributed by atoms with Crippen LogP contribution in [0.1, 0.15) is 20.7 Å². The average molecular weight is 389 g/mol. The Morgan fingerprint density at radius 1 is 0.963 bits per heavy atom. The molecule has 3 aromatic rings. The fourth-order valence-corrected chi connectivity index (χ4v) is 3.12. The second kappa shape index (κ2) is 6.69. The van der Waals surface area contributed by atoms with Gasteiger partial charge >= 0.3 is 16.2 Å². The fourth-order valence-electron chi connectivity index (χ4n) is 2.61. The number of anilines is 1. The van der Waals surface area contributed by atoms with Crippen molar-refractivity contribution in [2.24, 2.45) is 0 Å². The Balaban J connectivity index is 2.01. The minimum absolute atomic E-state index is 0.0860. The number of benzene rings is 3. The number of nitrogens with one attached hydrogen (secondary N) is 1. The summed E-state index contributed by atoms with van der Waals surface area (Å²) in [5.74, 6) is -2.44. The summed E-state index contributed by atoms with van der Waals surface area (Å²) in [6.45, 7) is 0. The van der Waals surface area contributed by atoms with E-state index in [9.17, 15) is 27.0 Å². The van der Waals surface area contributed by atoms with Crippen molar-refractivity contribution < 1.29 is 32.1 Å². The smallest absolute Gasteiger partial charge is 0.339 e. The first-order chi connectivity index (χ1) is 12.7. The van der Waals surface area contributed by atoms with Crippen LogP contribution in [0.2, 0.25) is 0 Å². The molecular formula is C18H12FNO6S. The summed E-state index contributed by atoms with van der Waals surface area (Å²) in [6.07, 6.45) is 0. The number of carboxylic acid groups (broad SMARTS) is 1. The van der Waals surface area contributed by atoms with Crippen molar-refractivity contribution in [1.29, 1.82) is 0 Å². The van der Waals surface area contributed by atoms with Gasteiger partial charge in [-0.2, -0.15) is 8.42 Å². The van der Waals surface area contributed by atoms with Crippen LogP contribution in [0.5, 0.6) is 5.75 Å². The number of aromatic hydroxyl groups is 1. The van der Waals surface area contributed by atoms with Gasteiger partial charge in [-0.1, -0.05) is 24.3 Å². The molecule has 3 aromatic carbocycles. The maximum atomic E-state index is 13.1. The van der Waals surface area contributed by atoms with Gasteiger partial charge in [-0.25, -0.2) is 4.79 Å². The lowest BCUT2D eigenvalue weighted by Crippen LogP contribution is -2.12. The Morgan fingerprint density at radius 2 is 1.67 bits per heavy atom. The van der Waals surface area contributed by atoms with Gasteiger partial charge < -0.3 is 15.5 Å². The van der Waals surface area contributed by atoms with E-state index in [-0.39, 0.29) is 22.2 Å². The molecule has 138 valence electrons. The molecular weight excluding hydrogens is 377 g/mol. The van der Waals surface area contributed by atoms with Crippen LogP contribution in [-0.2, 0) is 10.2 Å². The third-order valence-corrected chi connectivity index (χ3v) is 4.71. The molecule has 7 nitrogen and oxygen atoms in total. The molecule has 1 amide bonds. The zero-order valence-corrected chi connectivity index (χ0v) is 14.3. The van der Waals surface area contributed by atoms with E-state index in [4.69, 9.17) is 5.11 Å². The van der Waals surface area contributed by atoms with E-state index in [1.807, 2.05) is 0 Å². The molecule has 3 rings (SSSR count). The largest absolute Gasteiger partial charge is 0.506 e. The normalized spacial score (nSPS) is 11.3. The first kappa shape index (κ1) is 18.3. The molecule has 0 bridgehead atoms. The Kier molecular flexibility index (Phi) is 4.54. The van der Waals surface area contributed by atoms with Gasteiger partial charge in [0.05, 0.1) is 4.90 Å². The van der Waals surface area contributed by atoms with Gasteiger partial charge in [-0.3, -0.25) is 4.79 Å². The Bertz CT molecular complexity index is 1190. The summed E-state index contributed by atoms with van der Waals surface area (Å²) >= 11 is 0. The van der Waals surface area contributed by atoms with Crippen LogP contribution in [0.25, 0.3) is 10.8 Å². The summed E-state index contributed by atoms with van der Waals surface area (Å²) in [7, 11) is -4.95. The van der Waals surface area contributed by atoms with Gasteiger partial charge in [0.2, 0.25) is 0 Å². The average Bonchev–Trinajstić information content (AvgIpc) is 2.61. The van der Waals surface area contributed by atoms with Crippen molar-refractivity contribution in [2.75, 3.05) is 5.32 Å². The molecule has 0 aromatic heterocycles. The third-order valence-electron chi connectivity index (χ3n) is 3.89. The topological polar surface area (TPSA) is 121 Å². The Labute approximate surface area is 152 Å². The van der Waals surface area contributed by atoms with E-state index in [2.05, 4.69) is 5.32 Å². The highest BCUT2D eigenvalue weighted by atomic mass is 32.3. The van der Waals surface area contributed by atoms with Crippen molar-refractivity contribution in [1.82, 2.24) is 0 Å². The number of amides is 1. The maximum absolute atomic E-state index is 13.1. The SMILES string of the molecule is O=C(Nc1cccc2c(O)c(C(=O)O)ccc12)c1cccc(S(=O)(=O)F)c1. The molecule has 3 N–H and O–H groups in total. The van der Waals surface area contributed by atoms with Gasteiger partial charge in [0.25, 0.3) is 5.91 Å². The summed E-state index contributed by atoms with van der Waals surface area (Å²) in [6, 6.07) is 11.6. The Morgan fingerprint density at radius 3 is 2.33 bits per heavy atom. The number of hydrogen-bond acceptors (Lipinski definition) is 5. The third kappa shape index (κ3) is 3.58. The molecule has 0 atom stereocenters. The molecule has 0 aliphatic carbocycles. The van der Waals surface area contributed by atoms with Gasteiger partial charge in [0.15, 0.2) is 0 Å². The predicted molar refractivity (Wildman–Crippen MR) is 95.3 cm³/mol. The van der Waals surface area contributed by atoms with Gasteiger partial charge in [0, 0.05) is 22.0 Å². The lowest BCUT2D eigenvalue weighted by molar-refractivity contribution is 0.0693. The number of hydrogen-bond donors (Lipinski definition) is 3. The highest BCUT2D eigenvalue weighted by Gasteiger charge is 2.17. The zero-order chi connectivity index (χ0) is 19.8. The number of halogens is 1. The lowest BCUT2D eigenvalue weighted by atomic mass is 10.0. The monoisotopic (exact) mass is 389 g/mol. The minimum atomic E-state index is -4.95. The van der Waals surface area contributed by atoms with Crippen LogP contribution < -0.4 is 5.32 Å². The van der Waals surface area contributed by atoms with Gasteiger partial charge in [-0.15, -0.1) is 3.89 Å². The zero-order valence-electron chi connectivity index (χ0n) is 13.5. The lowest BCUT2D eigenvalue weighted by Gasteiger charge is -2.11. The molecule has 0 saturated heterocycles. The van der Waals surface area contributed by atoms with Crippen molar-refractivity contribution in [3.8, 4) is 5.75 Å². The van der Waals surface area contributed by atoms with Crippen molar-refractivity contribution in [3.63, 3.8) is 0 Å². The molecule has 0 heterocycles. The molecule has 0 aliphatic rings. The minimum Gasteiger partial charge on any atom is -0.506 e. The van der Waals surface area contributed by atoms with Gasteiger partial charge in [0.1, 0.15) is 11.3 Å². The molecule has 0 aliphatic heterocycles. The maximum Gasteiger partial charge on any atom is 0.339 e. The predicted octanol–water partition coefficient (Wildman–Crippen LogP) is 3.15. The molecule has 0 saturated carbocycles. The highest BCUT2D eigenvalue weighted by Crippen LogP contribution is 2.33. The van der Waals surface area contributed by atoms with E-state index < -0.39 is 32.7 Å². The van der Waals surface area contributed by atoms with E-state index in [0.717, 1.165) is 12.1 Å².